The van der Waals surface area contributed by atoms with Crippen molar-refractivity contribution in [2.75, 3.05) is 0 Å². The van der Waals surface area contributed by atoms with Gasteiger partial charge in [-0.2, -0.15) is 0 Å². The third kappa shape index (κ3) is 2.07. The van der Waals surface area contributed by atoms with Crippen molar-refractivity contribution in [3.8, 4) is 0 Å². The molecule has 0 aliphatic rings. The van der Waals surface area contributed by atoms with Crippen LogP contribution in [-0.4, -0.2) is 15.4 Å². The van der Waals surface area contributed by atoms with E-state index in [1.807, 2.05) is 12.1 Å². The number of hydrogen-bond donors (Lipinski definition) is 0. The number of fused-ring (bicyclic) bond motifs is 1. The maximum atomic E-state index is 11.0. The predicted octanol–water partition coefficient (Wildman–Crippen LogP) is 3.27. The molecule has 0 N–H and O–H groups in total. The number of nitrogens with zero attached hydrogens (tertiary/aromatic N) is 2. The van der Waals surface area contributed by atoms with Gasteiger partial charge in [-0.05, 0) is 46.3 Å². The van der Waals surface area contributed by atoms with Gasteiger partial charge in [0.1, 0.15) is 0 Å². The van der Waals surface area contributed by atoms with Crippen LogP contribution in [-0.2, 0) is 0 Å². The van der Waals surface area contributed by atoms with Gasteiger partial charge in [-0.15, -0.1) is 10.2 Å². The fourth-order valence-corrected chi connectivity index (χ4v) is 2.11. The van der Waals surface area contributed by atoms with E-state index >= 15 is 0 Å². The Bertz CT molecular complexity index is 559. The molecular weight excluding hydrogens is 350 g/mol. The lowest BCUT2D eigenvalue weighted by molar-refractivity contribution is 0.107. The Morgan fingerprint density at radius 3 is 2.73 bits per heavy atom. The van der Waals surface area contributed by atoms with E-state index in [1.54, 1.807) is 6.07 Å². The van der Waals surface area contributed by atoms with Crippen molar-refractivity contribution in [2.45, 2.75) is 0 Å². The first-order valence-corrected chi connectivity index (χ1v) is 5.74. The highest BCUT2D eigenvalue weighted by Gasteiger charge is 2.13. The smallest absolute Gasteiger partial charge is 0.274 e. The molecule has 2 aromatic rings. The minimum atomic E-state index is -0.701. The zero-order valence-corrected chi connectivity index (χ0v) is 10.8. The number of aromatic nitrogens is 2. The van der Waals surface area contributed by atoms with Gasteiger partial charge in [0.2, 0.25) is 0 Å². The monoisotopic (exact) mass is 352 g/mol. The average Bonchev–Trinajstić information content (AvgIpc) is 2.17. The van der Waals surface area contributed by atoms with E-state index in [0.29, 0.717) is 10.9 Å². The molecule has 0 aliphatic heterocycles. The minimum Gasteiger partial charge on any atom is -0.274 e. The van der Waals surface area contributed by atoms with E-state index in [9.17, 15) is 4.79 Å². The van der Waals surface area contributed by atoms with Crippen molar-refractivity contribution in [1.82, 2.24) is 10.2 Å². The zero-order valence-electron chi connectivity index (χ0n) is 7.17. The van der Waals surface area contributed by atoms with Crippen molar-refractivity contribution in [2.24, 2.45) is 0 Å². The summed E-state index contributed by atoms with van der Waals surface area (Å²) >= 11 is 13.4. The van der Waals surface area contributed by atoms with Gasteiger partial charge in [0.25, 0.3) is 5.24 Å². The summed E-state index contributed by atoms with van der Waals surface area (Å²) in [6, 6.07) is 5.49. The predicted molar refractivity (Wildman–Crippen MR) is 67.4 cm³/mol. The van der Waals surface area contributed by atoms with Crippen molar-refractivity contribution < 1.29 is 4.79 Å². The van der Waals surface area contributed by atoms with E-state index in [4.69, 9.17) is 23.2 Å². The Kier molecular flexibility index (Phi) is 3.08. The molecule has 0 unspecified atom stereocenters. The van der Waals surface area contributed by atoms with Crippen LogP contribution in [0.4, 0.5) is 0 Å². The van der Waals surface area contributed by atoms with E-state index in [-0.39, 0.29) is 10.7 Å². The van der Waals surface area contributed by atoms with Crippen LogP contribution in [0.15, 0.2) is 18.2 Å². The maximum absolute atomic E-state index is 11.0. The molecule has 0 fully saturated rings. The van der Waals surface area contributed by atoms with Crippen LogP contribution in [0.5, 0.6) is 0 Å². The summed E-state index contributed by atoms with van der Waals surface area (Å²) < 4.78 is 1.02. The van der Waals surface area contributed by atoms with Crippen LogP contribution in [0, 0.1) is 3.57 Å². The average molecular weight is 353 g/mol. The number of rotatable bonds is 1. The molecule has 3 nitrogen and oxygen atoms in total. The Morgan fingerprint density at radius 1 is 1.33 bits per heavy atom. The zero-order chi connectivity index (χ0) is 11.0. The standard InChI is InChI=1S/C9H3Cl2IN2O/c10-7-5-2-1-4(12)3-6(5)13-14-8(7)9(11)15/h1-3H. The molecule has 0 saturated carbocycles. The van der Waals surface area contributed by atoms with Gasteiger partial charge >= 0.3 is 0 Å². The summed E-state index contributed by atoms with van der Waals surface area (Å²) in [5, 5.41) is 7.78. The molecule has 6 heteroatoms. The van der Waals surface area contributed by atoms with Crippen molar-refractivity contribution in [3.63, 3.8) is 0 Å². The number of halogens is 3. The molecule has 1 aromatic heterocycles. The fourth-order valence-electron chi connectivity index (χ4n) is 1.17. The lowest BCUT2D eigenvalue weighted by atomic mass is 10.2. The van der Waals surface area contributed by atoms with Gasteiger partial charge in [0.15, 0.2) is 5.69 Å². The minimum absolute atomic E-state index is 0.00737. The molecule has 76 valence electrons. The molecule has 0 radical (unpaired) electrons. The second-order valence-electron chi connectivity index (χ2n) is 2.80. The van der Waals surface area contributed by atoms with Crippen LogP contribution in [0.25, 0.3) is 10.9 Å². The fraction of sp³-hybridized carbons (Fsp3) is 0. The van der Waals surface area contributed by atoms with Crippen LogP contribution >= 0.6 is 45.8 Å². The van der Waals surface area contributed by atoms with Gasteiger partial charge in [0, 0.05) is 8.96 Å². The molecule has 0 amide bonds. The van der Waals surface area contributed by atoms with E-state index in [2.05, 4.69) is 32.8 Å². The molecule has 0 saturated heterocycles. The summed E-state index contributed by atoms with van der Waals surface area (Å²) in [6.07, 6.45) is 0. The van der Waals surface area contributed by atoms with E-state index in [1.165, 1.54) is 0 Å². The van der Waals surface area contributed by atoms with Crippen molar-refractivity contribution >= 4 is 61.9 Å². The molecular formula is C9H3Cl2IN2O. The Labute approximate surface area is 109 Å². The van der Waals surface area contributed by atoms with E-state index < -0.39 is 5.24 Å². The second kappa shape index (κ2) is 4.19. The molecule has 1 heterocycles. The number of hydrogen-bond acceptors (Lipinski definition) is 3. The first-order chi connectivity index (χ1) is 7.09. The van der Waals surface area contributed by atoms with Gasteiger partial charge in [-0.3, -0.25) is 4.79 Å². The number of benzene rings is 1. The molecule has 0 atom stereocenters. The van der Waals surface area contributed by atoms with Gasteiger partial charge in [0.05, 0.1) is 10.5 Å². The quantitative estimate of drug-likeness (QED) is 0.584. The van der Waals surface area contributed by atoms with Crippen molar-refractivity contribution in [3.05, 3.63) is 32.5 Å². The Balaban J connectivity index is 2.80. The summed E-state index contributed by atoms with van der Waals surface area (Å²) in [5.74, 6) is 0. The third-order valence-electron chi connectivity index (χ3n) is 1.85. The molecule has 2 rings (SSSR count). The second-order valence-corrected chi connectivity index (χ2v) is 4.76. The van der Waals surface area contributed by atoms with Gasteiger partial charge in [-0.1, -0.05) is 17.7 Å². The first-order valence-electron chi connectivity index (χ1n) is 3.91. The summed E-state index contributed by atoms with van der Waals surface area (Å²) in [7, 11) is 0. The van der Waals surface area contributed by atoms with Crippen LogP contribution in [0.3, 0.4) is 0 Å². The van der Waals surface area contributed by atoms with Crippen LogP contribution in [0.1, 0.15) is 10.5 Å². The molecule has 15 heavy (non-hydrogen) atoms. The highest BCUT2D eigenvalue weighted by atomic mass is 127. The topological polar surface area (TPSA) is 42.9 Å². The Morgan fingerprint density at radius 2 is 2.07 bits per heavy atom. The molecule has 1 aromatic carbocycles. The highest BCUT2D eigenvalue weighted by Crippen LogP contribution is 2.26. The highest BCUT2D eigenvalue weighted by molar-refractivity contribution is 14.1. The van der Waals surface area contributed by atoms with E-state index in [0.717, 1.165) is 3.57 Å². The molecule has 0 aliphatic carbocycles. The molecule has 0 spiro atoms. The summed E-state index contributed by atoms with van der Waals surface area (Å²) in [5.41, 5.74) is 0.639. The summed E-state index contributed by atoms with van der Waals surface area (Å²) in [4.78, 5) is 11.0. The Hall–Kier alpha value is -0.460. The maximum Gasteiger partial charge on any atom is 0.274 e. The lowest BCUT2D eigenvalue weighted by Crippen LogP contribution is -1.99. The summed E-state index contributed by atoms with van der Waals surface area (Å²) in [6.45, 7) is 0. The SMILES string of the molecule is O=C(Cl)c1nnc2cc(I)ccc2c1Cl. The number of carbonyl (C=O) groups is 1. The van der Waals surface area contributed by atoms with Gasteiger partial charge in [-0.25, -0.2) is 0 Å². The normalized spacial score (nSPS) is 10.6. The lowest BCUT2D eigenvalue weighted by Gasteiger charge is -2.02. The third-order valence-corrected chi connectivity index (χ3v) is 3.08. The molecule has 0 bridgehead atoms. The van der Waals surface area contributed by atoms with Crippen LogP contribution < -0.4 is 0 Å². The largest absolute Gasteiger partial charge is 0.274 e. The van der Waals surface area contributed by atoms with Gasteiger partial charge < -0.3 is 0 Å². The first kappa shape index (κ1) is 11.0. The van der Waals surface area contributed by atoms with Crippen LogP contribution in [0.2, 0.25) is 5.02 Å². The van der Waals surface area contributed by atoms with Crippen molar-refractivity contribution in [1.29, 1.82) is 0 Å². The number of carbonyl (C=O) groups excluding carboxylic acids is 1.